The summed E-state index contributed by atoms with van der Waals surface area (Å²) in [4.78, 5) is 18.2. The van der Waals surface area contributed by atoms with Crippen LogP contribution in [0.3, 0.4) is 0 Å². The minimum atomic E-state index is -3.05. The van der Waals surface area contributed by atoms with Gasteiger partial charge in [0, 0.05) is 24.5 Å². The van der Waals surface area contributed by atoms with E-state index in [1.54, 1.807) is 24.8 Å². The van der Waals surface area contributed by atoms with Gasteiger partial charge in [-0.3, -0.25) is 15.6 Å². The molecule has 2 heterocycles. The molecule has 1 saturated heterocycles. The summed E-state index contributed by atoms with van der Waals surface area (Å²) in [5, 5.41) is 0. The number of amides is 1. The number of hydrogen-bond acceptors (Lipinski definition) is 6. The Balaban J connectivity index is 2.28. The molecule has 1 unspecified atom stereocenters. The van der Waals surface area contributed by atoms with Crippen LogP contribution in [-0.4, -0.2) is 48.3 Å². The Hall–Kier alpha value is -1.67. The highest BCUT2D eigenvalue weighted by Gasteiger charge is 2.32. The topological polar surface area (TPSA) is 105 Å². The average Bonchev–Trinajstić information content (AvgIpc) is 2.36. The van der Waals surface area contributed by atoms with Gasteiger partial charge in [0.1, 0.15) is 0 Å². The first-order valence-corrected chi connectivity index (χ1v) is 8.11. The molecule has 1 amide bonds. The van der Waals surface area contributed by atoms with Gasteiger partial charge in [-0.1, -0.05) is 0 Å². The SMILES string of the molecule is Cc1cc(NN)c(C(=O)N2CCS(=O)(=O)CC2C)cn1. The number of carbonyl (C=O) groups is 1. The first-order valence-electron chi connectivity index (χ1n) is 6.28. The molecular weight excluding hydrogens is 280 g/mol. The van der Waals surface area contributed by atoms with Gasteiger partial charge in [0.15, 0.2) is 9.84 Å². The third-order valence-electron chi connectivity index (χ3n) is 3.36. The molecule has 1 fully saturated rings. The fraction of sp³-hybridized carbons (Fsp3) is 0.500. The lowest BCUT2D eigenvalue weighted by Gasteiger charge is -2.33. The number of pyridine rings is 1. The van der Waals surface area contributed by atoms with E-state index in [9.17, 15) is 13.2 Å². The van der Waals surface area contributed by atoms with Crippen molar-refractivity contribution >= 4 is 21.4 Å². The number of hydrazine groups is 1. The Morgan fingerprint density at radius 3 is 2.85 bits per heavy atom. The lowest BCUT2D eigenvalue weighted by molar-refractivity contribution is 0.0713. The number of aromatic nitrogens is 1. The number of hydrogen-bond donors (Lipinski definition) is 2. The Bertz CT molecular complexity index is 630. The van der Waals surface area contributed by atoms with Crippen molar-refractivity contribution in [3.63, 3.8) is 0 Å². The molecule has 3 N–H and O–H groups in total. The minimum absolute atomic E-state index is 0.00619. The average molecular weight is 298 g/mol. The van der Waals surface area contributed by atoms with Crippen LogP contribution in [0.4, 0.5) is 5.69 Å². The summed E-state index contributed by atoms with van der Waals surface area (Å²) in [7, 11) is -3.05. The van der Waals surface area contributed by atoms with E-state index in [0.717, 1.165) is 5.69 Å². The molecule has 1 aliphatic rings. The number of nitrogen functional groups attached to an aromatic ring is 1. The van der Waals surface area contributed by atoms with Gasteiger partial charge in [-0.05, 0) is 19.9 Å². The maximum atomic E-state index is 12.5. The molecule has 0 radical (unpaired) electrons. The number of sulfone groups is 1. The maximum absolute atomic E-state index is 12.5. The molecule has 1 aromatic heterocycles. The maximum Gasteiger partial charge on any atom is 0.257 e. The highest BCUT2D eigenvalue weighted by molar-refractivity contribution is 7.91. The van der Waals surface area contributed by atoms with Crippen LogP contribution < -0.4 is 11.3 Å². The van der Waals surface area contributed by atoms with Crippen LogP contribution in [0.15, 0.2) is 12.3 Å². The van der Waals surface area contributed by atoms with Crippen LogP contribution in [0.1, 0.15) is 23.0 Å². The Kier molecular flexibility index (Phi) is 3.96. The quantitative estimate of drug-likeness (QED) is 0.585. The highest BCUT2D eigenvalue weighted by atomic mass is 32.2. The second kappa shape index (κ2) is 5.37. The zero-order valence-electron chi connectivity index (χ0n) is 11.5. The van der Waals surface area contributed by atoms with Gasteiger partial charge in [-0.2, -0.15) is 0 Å². The van der Waals surface area contributed by atoms with Crippen molar-refractivity contribution in [1.82, 2.24) is 9.88 Å². The molecular formula is C12H18N4O3S. The summed E-state index contributed by atoms with van der Waals surface area (Å²) >= 11 is 0. The zero-order chi connectivity index (χ0) is 14.9. The second-order valence-corrected chi connectivity index (χ2v) is 7.21. The van der Waals surface area contributed by atoms with Gasteiger partial charge in [-0.25, -0.2) is 8.42 Å². The second-order valence-electron chi connectivity index (χ2n) is 4.98. The van der Waals surface area contributed by atoms with Crippen LogP contribution in [-0.2, 0) is 9.84 Å². The van der Waals surface area contributed by atoms with E-state index in [2.05, 4.69) is 10.4 Å². The molecule has 1 aliphatic heterocycles. The van der Waals surface area contributed by atoms with E-state index < -0.39 is 9.84 Å². The van der Waals surface area contributed by atoms with Crippen molar-refractivity contribution in [2.24, 2.45) is 5.84 Å². The van der Waals surface area contributed by atoms with Gasteiger partial charge in [0.05, 0.1) is 22.8 Å². The summed E-state index contributed by atoms with van der Waals surface area (Å²) < 4.78 is 23.1. The van der Waals surface area contributed by atoms with Crippen molar-refractivity contribution in [2.45, 2.75) is 19.9 Å². The highest BCUT2D eigenvalue weighted by Crippen LogP contribution is 2.20. The Labute approximate surface area is 118 Å². The summed E-state index contributed by atoms with van der Waals surface area (Å²) in [6, 6.07) is 1.33. The molecule has 20 heavy (non-hydrogen) atoms. The zero-order valence-corrected chi connectivity index (χ0v) is 12.3. The molecule has 0 aliphatic carbocycles. The smallest absolute Gasteiger partial charge is 0.257 e. The predicted molar refractivity (Wildman–Crippen MR) is 75.9 cm³/mol. The summed E-state index contributed by atoms with van der Waals surface area (Å²) in [5.74, 6) is 5.15. The van der Waals surface area contributed by atoms with Crippen LogP contribution in [0, 0.1) is 6.92 Å². The summed E-state index contributed by atoms with van der Waals surface area (Å²) in [5.41, 5.74) is 4.06. The van der Waals surface area contributed by atoms with Crippen molar-refractivity contribution in [2.75, 3.05) is 23.5 Å². The summed E-state index contributed by atoms with van der Waals surface area (Å²) in [6.07, 6.45) is 1.46. The standard InChI is InChI=1S/C12H18N4O3S/c1-8-5-11(15-13)10(6-14-8)12(17)16-3-4-20(18,19)7-9(16)2/h5-6,9H,3-4,7,13H2,1-2H3,(H,14,15). The largest absolute Gasteiger partial charge is 0.334 e. The normalized spacial score (nSPS) is 21.6. The van der Waals surface area contributed by atoms with Crippen LogP contribution >= 0.6 is 0 Å². The molecule has 0 saturated carbocycles. The van der Waals surface area contributed by atoms with E-state index in [1.165, 1.54) is 6.20 Å². The van der Waals surface area contributed by atoms with Crippen LogP contribution in [0.2, 0.25) is 0 Å². The molecule has 8 heteroatoms. The Morgan fingerprint density at radius 2 is 2.25 bits per heavy atom. The van der Waals surface area contributed by atoms with Gasteiger partial charge < -0.3 is 10.3 Å². The third kappa shape index (κ3) is 2.91. The van der Waals surface area contributed by atoms with E-state index >= 15 is 0 Å². The van der Waals surface area contributed by atoms with Crippen molar-refractivity contribution in [3.8, 4) is 0 Å². The van der Waals surface area contributed by atoms with Crippen LogP contribution in [0.5, 0.6) is 0 Å². The van der Waals surface area contributed by atoms with E-state index in [1.807, 2.05) is 0 Å². The molecule has 7 nitrogen and oxygen atoms in total. The van der Waals surface area contributed by atoms with Gasteiger partial charge in [-0.15, -0.1) is 0 Å². The minimum Gasteiger partial charge on any atom is -0.334 e. The number of anilines is 1. The lowest BCUT2D eigenvalue weighted by atomic mass is 10.1. The third-order valence-corrected chi connectivity index (χ3v) is 5.15. The number of nitrogens with zero attached hydrogens (tertiary/aromatic N) is 2. The number of aryl methyl sites for hydroxylation is 1. The molecule has 1 aromatic rings. The van der Waals surface area contributed by atoms with Crippen molar-refractivity contribution < 1.29 is 13.2 Å². The van der Waals surface area contributed by atoms with E-state index in [-0.39, 0.29) is 30.0 Å². The van der Waals surface area contributed by atoms with Crippen molar-refractivity contribution in [1.29, 1.82) is 0 Å². The molecule has 0 aromatic carbocycles. The fourth-order valence-electron chi connectivity index (χ4n) is 2.30. The first kappa shape index (κ1) is 14.7. The van der Waals surface area contributed by atoms with Gasteiger partial charge >= 0.3 is 0 Å². The molecule has 1 atom stereocenters. The monoisotopic (exact) mass is 298 g/mol. The first-order chi connectivity index (χ1) is 9.34. The number of nitrogens with one attached hydrogen (secondary N) is 1. The van der Waals surface area contributed by atoms with Crippen molar-refractivity contribution in [3.05, 3.63) is 23.5 Å². The molecule has 0 bridgehead atoms. The van der Waals surface area contributed by atoms with E-state index in [4.69, 9.17) is 5.84 Å². The number of rotatable bonds is 2. The molecule has 0 spiro atoms. The fourth-order valence-corrected chi connectivity index (χ4v) is 3.86. The number of nitrogens with two attached hydrogens (primary N) is 1. The lowest BCUT2D eigenvalue weighted by Crippen LogP contribution is -2.49. The van der Waals surface area contributed by atoms with E-state index in [0.29, 0.717) is 11.3 Å². The van der Waals surface area contributed by atoms with Gasteiger partial charge in [0.2, 0.25) is 0 Å². The Morgan fingerprint density at radius 1 is 1.55 bits per heavy atom. The van der Waals surface area contributed by atoms with Gasteiger partial charge in [0.25, 0.3) is 5.91 Å². The molecule has 110 valence electrons. The summed E-state index contributed by atoms with van der Waals surface area (Å²) in [6.45, 7) is 3.72. The predicted octanol–water partition coefficient (Wildman–Crippen LogP) is -0.0653. The van der Waals surface area contributed by atoms with Crippen LogP contribution in [0.25, 0.3) is 0 Å². The number of carbonyl (C=O) groups excluding carboxylic acids is 1. The molecule has 2 rings (SSSR count).